The van der Waals surface area contributed by atoms with Crippen molar-refractivity contribution in [3.05, 3.63) is 23.9 Å². The molecule has 1 unspecified atom stereocenters. The monoisotopic (exact) mass is 248 g/mol. The molecular weight excluding hydrogens is 233 g/mol. The van der Waals surface area contributed by atoms with Crippen molar-refractivity contribution in [2.45, 2.75) is 32.7 Å². The van der Waals surface area contributed by atoms with Crippen molar-refractivity contribution in [3.8, 4) is 0 Å². The van der Waals surface area contributed by atoms with Gasteiger partial charge in [-0.1, -0.05) is 6.07 Å². The third-order valence-electron chi connectivity index (χ3n) is 2.14. The van der Waals surface area contributed by atoms with Gasteiger partial charge < -0.3 is 10.1 Å². The van der Waals surface area contributed by atoms with Crippen molar-refractivity contribution in [2.75, 3.05) is 11.9 Å². The van der Waals surface area contributed by atoms with Crippen molar-refractivity contribution >= 4 is 5.82 Å². The molecule has 0 radical (unpaired) electrons. The summed E-state index contributed by atoms with van der Waals surface area (Å²) in [5, 5.41) is 2.99. The number of pyridine rings is 1. The van der Waals surface area contributed by atoms with Crippen LogP contribution in [0.1, 0.15) is 19.4 Å². The highest BCUT2D eigenvalue weighted by molar-refractivity contribution is 5.34. The quantitative estimate of drug-likeness (QED) is 0.869. The van der Waals surface area contributed by atoms with E-state index in [0.29, 0.717) is 11.4 Å². The molecule has 0 saturated heterocycles. The smallest absolute Gasteiger partial charge is 0.370 e. The Morgan fingerprint density at radius 3 is 2.59 bits per heavy atom. The number of hydrogen-bond acceptors (Lipinski definition) is 3. The van der Waals surface area contributed by atoms with E-state index in [1.807, 2.05) is 6.92 Å². The molecule has 0 amide bonds. The number of anilines is 1. The molecule has 1 aromatic rings. The molecule has 0 spiro atoms. The number of nitrogens with one attached hydrogen (secondary N) is 1. The molecule has 0 aromatic carbocycles. The normalized spacial score (nSPS) is 13.5. The summed E-state index contributed by atoms with van der Waals surface area (Å²) < 4.78 is 41.2. The summed E-state index contributed by atoms with van der Waals surface area (Å²) in [5.41, 5.74) is 0.614. The minimum absolute atomic E-state index is 0.0971. The zero-order valence-corrected chi connectivity index (χ0v) is 9.71. The van der Waals surface area contributed by atoms with E-state index in [-0.39, 0.29) is 6.61 Å². The van der Waals surface area contributed by atoms with Crippen LogP contribution in [0.3, 0.4) is 0 Å². The molecule has 1 N–H and O–H groups in total. The molecule has 17 heavy (non-hydrogen) atoms. The number of hydrogen-bond donors (Lipinski definition) is 1. The molecule has 1 heterocycles. The summed E-state index contributed by atoms with van der Waals surface area (Å²) in [4.78, 5) is 4.04. The summed E-state index contributed by atoms with van der Waals surface area (Å²) >= 11 is 0. The van der Waals surface area contributed by atoms with E-state index >= 15 is 0 Å². The van der Waals surface area contributed by atoms with E-state index in [9.17, 15) is 13.2 Å². The van der Waals surface area contributed by atoms with E-state index in [0.717, 1.165) is 13.5 Å². The third kappa shape index (κ3) is 4.60. The average molecular weight is 248 g/mol. The van der Waals surface area contributed by atoms with Gasteiger partial charge in [-0.25, -0.2) is 4.98 Å². The van der Waals surface area contributed by atoms with Gasteiger partial charge in [-0.15, -0.1) is 0 Å². The van der Waals surface area contributed by atoms with Gasteiger partial charge in [-0.3, -0.25) is 0 Å². The van der Waals surface area contributed by atoms with Crippen molar-refractivity contribution in [1.82, 2.24) is 4.98 Å². The lowest BCUT2D eigenvalue weighted by Gasteiger charge is -2.16. The SMILES string of the molecule is CCNc1ccc(COC(C)C(F)(F)F)cn1. The van der Waals surface area contributed by atoms with Crippen molar-refractivity contribution in [1.29, 1.82) is 0 Å². The Morgan fingerprint density at radius 2 is 2.12 bits per heavy atom. The summed E-state index contributed by atoms with van der Waals surface area (Å²) in [6.07, 6.45) is -4.59. The summed E-state index contributed by atoms with van der Waals surface area (Å²) in [7, 11) is 0. The molecule has 6 heteroatoms. The van der Waals surface area contributed by atoms with Crippen LogP contribution < -0.4 is 5.32 Å². The molecule has 0 saturated carbocycles. The van der Waals surface area contributed by atoms with Crippen molar-refractivity contribution < 1.29 is 17.9 Å². The first-order chi connectivity index (χ1) is 7.93. The van der Waals surface area contributed by atoms with E-state index in [4.69, 9.17) is 4.74 Å². The fourth-order valence-corrected chi connectivity index (χ4v) is 1.11. The molecule has 0 fully saturated rings. The lowest BCUT2D eigenvalue weighted by atomic mass is 10.3. The molecule has 0 aliphatic rings. The maximum atomic E-state index is 12.2. The summed E-state index contributed by atoms with van der Waals surface area (Å²) in [6, 6.07) is 3.40. The minimum atomic E-state index is -4.32. The highest BCUT2D eigenvalue weighted by Crippen LogP contribution is 2.23. The molecular formula is C11H15F3N2O. The second-order valence-electron chi connectivity index (χ2n) is 3.58. The molecule has 0 aliphatic heterocycles. The standard InChI is InChI=1S/C11H15F3N2O/c1-3-15-10-5-4-9(6-16-10)7-17-8(2)11(12,13)14/h4-6,8H,3,7H2,1-2H3,(H,15,16). The number of ether oxygens (including phenoxy) is 1. The van der Waals surface area contributed by atoms with Crippen LogP contribution >= 0.6 is 0 Å². The minimum Gasteiger partial charge on any atom is -0.370 e. The number of alkyl halides is 3. The van der Waals surface area contributed by atoms with Crippen LogP contribution in [-0.2, 0) is 11.3 Å². The predicted molar refractivity (Wildman–Crippen MR) is 58.7 cm³/mol. The maximum absolute atomic E-state index is 12.2. The highest BCUT2D eigenvalue weighted by Gasteiger charge is 2.36. The first-order valence-electron chi connectivity index (χ1n) is 5.30. The zero-order chi connectivity index (χ0) is 12.9. The van der Waals surface area contributed by atoms with Crippen LogP contribution in [0.25, 0.3) is 0 Å². The Kier molecular flexibility index (Phi) is 4.74. The van der Waals surface area contributed by atoms with Gasteiger partial charge in [0.1, 0.15) is 5.82 Å². The lowest BCUT2D eigenvalue weighted by molar-refractivity contribution is -0.217. The predicted octanol–water partition coefficient (Wildman–Crippen LogP) is 2.98. The molecule has 1 rings (SSSR count). The van der Waals surface area contributed by atoms with Crippen molar-refractivity contribution in [2.24, 2.45) is 0 Å². The van der Waals surface area contributed by atoms with Gasteiger partial charge in [0, 0.05) is 12.7 Å². The highest BCUT2D eigenvalue weighted by atomic mass is 19.4. The summed E-state index contributed by atoms with van der Waals surface area (Å²) in [5.74, 6) is 0.695. The first kappa shape index (κ1) is 13.8. The average Bonchev–Trinajstić information content (AvgIpc) is 2.27. The molecule has 1 aromatic heterocycles. The van der Waals surface area contributed by atoms with Crippen LogP contribution in [-0.4, -0.2) is 23.8 Å². The largest absolute Gasteiger partial charge is 0.414 e. The van der Waals surface area contributed by atoms with Gasteiger partial charge in [0.2, 0.25) is 0 Å². The van der Waals surface area contributed by atoms with Crippen LogP contribution in [0.4, 0.5) is 19.0 Å². The van der Waals surface area contributed by atoms with Crippen LogP contribution in [0, 0.1) is 0 Å². The summed E-state index contributed by atoms with van der Waals surface area (Å²) in [6.45, 7) is 3.57. The van der Waals surface area contributed by atoms with E-state index in [2.05, 4.69) is 10.3 Å². The van der Waals surface area contributed by atoms with E-state index in [1.165, 1.54) is 6.20 Å². The fourth-order valence-electron chi connectivity index (χ4n) is 1.11. The van der Waals surface area contributed by atoms with Gasteiger partial charge in [0.05, 0.1) is 6.61 Å². The number of aromatic nitrogens is 1. The third-order valence-corrected chi connectivity index (χ3v) is 2.14. The molecule has 96 valence electrons. The zero-order valence-electron chi connectivity index (χ0n) is 9.71. The second-order valence-corrected chi connectivity index (χ2v) is 3.58. The molecule has 0 aliphatic carbocycles. The topological polar surface area (TPSA) is 34.1 Å². The Balaban J connectivity index is 2.47. The number of rotatable bonds is 5. The van der Waals surface area contributed by atoms with Gasteiger partial charge in [0.15, 0.2) is 6.10 Å². The van der Waals surface area contributed by atoms with Crippen molar-refractivity contribution in [3.63, 3.8) is 0 Å². The van der Waals surface area contributed by atoms with E-state index < -0.39 is 12.3 Å². The molecule has 3 nitrogen and oxygen atoms in total. The van der Waals surface area contributed by atoms with Crippen LogP contribution in [0.2, 0.25) is 0 Å². The first-order valence-corrected chi connectivity index (χ1v) is 5.30. The van der Waals surface area contributed by atoms with Gasteiger partial charge in [-0.05, 0) is 25.5 Å². The molecule has 0 bridgehead atoms. The van der Waals surface area contributed by atoms with Crippen LogP contribution in [0.15, 0.2) is 18.3 Å². The Hall–Kier alpha value is -1.30. The van der Waals surface area contributed by atoms with Gasteiger partial charge >= 0.3 is 6.18 Å². The Bertz CT molecular complexity index is 338. The second kappa shape index (κ2) is 5.86. The van der Waals surface area contributed by atoms with Gasteiger partial charge in [0.25, 0.3) is 0 Å². The number of nitrogens with zero attached hydrogens (tertiary/aromatic N) is 1. The fraction of sp³-hybridized carbons (Fsp3) is 0.545. The Morgan fingerprint density at radius 1 is 1.41 bits per heavy atom. The van der Waals surface area contributed by atoms with Gasteiger partial charge in [-0.2, -0.15) is 13.2 Å². The molecule has 1 atom stereocenters. The maximum Gasteiger partial charge on any atom is 0.414 e. The van der Waals surface area contributed by atoms with Crippen LogP contribution in [0.5, 0.6) is 0 Å². The van der Waals surface area contributed by atoms with E-state index in [1.54, 1.807) is 12.1 Å². The number of halogens is 3. The Labute approximate surface area is 98.0 Å². The lowest BCUT2D eigenvalue weighted by Crippen LogP contribution is -2.28.